The van der Waals surface area contributed by atoms with Crippen LogP contribution < -0.4 is 4.74 Å². The van der Waals surface area contributed by atoms with Gasteiger partial charge in [0.15, 0.2) is 0 Å². The number of ether oxygens (including phenoxy) is 2. The van der Waals surface area contributed by atoms with Gasteiger partial charge >= 0.3 is 6.09 Å². The third-order valence-corrected chi connectivity index (χ3v) is 5.06. The Labute approximate surface area is 151 Å². The summed E-state index contributed by atoms with van der Waals surface area (Å²) in [5, 5.41) is 0. The molecule has 1 aromatic rings. The van der Waals surface area contributed by atoms with Crippen molar-refractivity contribution in [3.8, 4) is 5.75 Å². The smallest absolute Gasteiger partial charge is 0.410 e. The molecule has 2 heterocycles. The van der Waals surface area contributed by atoms with Crippen LogP contribution in [0.25, 0.3) is 0 Å². The first-order valence-corrected chi connectivity index (χ1v) is 9.33. The molecule has 23 heavy (non-hydrogen) atoms. The van der Waals surface area contributed by atoms with E-state index in [4.69, 9.17) is 9.47 Å². The van der Waals surface area contributed by atoms with Crippen molar-refractivity contribution in [2.75, 3.05) is 0 Å². The van der Waals surface area contributed by atoms with Crippen LogP contribution in [0, 0.1) is 3.57 Å². The molecule has 2 aliphatic heterocycles. The zero-order valence-corrected chi connectivity index (χ0v) is 16.1. The molecule has 3 rings (SSSR count). The molecule has 1 amide bonds. The summed E-state index contributed by atoms with van der Waals surface area (Å²) in [5.74, 6) is 0.923. The maximum absolute atomic E-state index is 12.4. The lowest BCUT2D eigenvalue weighted by Crippen LogP contribution is -2.50. The summed E-state index contributed by atoms with van der Waals surface area (Å²) in [6, 6.07) is 8.63. The summed E-state index contributed by atoms with van der Waals surface area (Å²) in [6.07, 6.45) is 3.90. The fourth-order valence-electron chi connectivity index (χ4n) is 3.57. The van der Waals surface area contributed by atoms with E-state index >= 15 is 0 Å². The number of amides is 1. The fraction of sp³-hybridized carbons (Fsp3) is 0.611. The Balaban J connectivity index is 1.64. The normalized spacial score (nSPS) is 27.0. The SMILES string of the molecule is CC(C)(C)OC(=O)N1[C@@H]2CC[C@H]1CC(Oc1cccc(I)c1)C2. The van der Waals surface area contributed by atoms with E-state index in [9.17, 15) is 4.79 Å². The predicted molar refractivity (Wildman–Crippen MR) is 97.7 cm³/mol. The molecule has 0 aliphatic carbocycles. The summed E-state index contributed by atoms with van der Waals surface area (Å²) < 4.78 is 12.9. The number of hydrogen-bond donors (Lipinski definition) is 0. The highest BCUT2D eigenvalue weighted by atomic mass is 127. The van der Waals surface area contributed by atoms with Gasteiger partial charge in [-0.15, -0.1) is 0 Å². The topological polar surface area (TPSA) is 38.8 Å². The van der Waals surface area contributed by atoms with E-state index in [-0.39, 0.29) is 24.3 Å². The average Bonchev–Trinajstić information content (AvgIpc) is 2.69. The molecular formula is C18H24INO3. The summed E-state index contributed by atoms with van der Waals surface area (Å²) in [6.45, 7) is 5.75. The van der Waals surface area contributed by atoms with Gasteiger partial charge in [-0.05, 0) is 74.4 Å². The van der Waals surface area contributed by atoms with Gasteiger partial charge in [0.1, 0.15) is 17.5 Å². The molecular weight excluding hydrogens is 405 g/mol. The first kappa shape index (κ1) is 16.9. The molecule has 0 aromatic heterocycles. The van der Waals surface area contributed by atoms with E-state index in [0.717, 1.165) is 31.4 Å². The van der Waals surface area contributed by atoms with Crippen LogP contribution in [0.2, 0.25) is 0 Å². The van der Waals surface area contributed by atoms with Gasteiger partial charge in [-0.1, -0.05) is 6.07 Å². The van der Waals surface area contributed by atoms with E-state index in [1.807, 2.05) is 37.8 Å². The van der Waals surface area contributed by atoms with E-state index < -0.39 is 5.60 Å². The van der Waals surface area contributed by atoms with Crippen LogP contribution in [0.5, 0.6) is 5.75 Å². The Morgan fingerprint density at radius 2 is 1.87 bits per heavy atom. The zero-order valence-electron chi connectivity index (χ0n) is 13.9. The van der Waals surface area contributed by atoms with Crippen molar-refractivity contribution in [3.63, 3.8) is 0 Å². The van der Waals surface area contributed by atoms with E-state index in [2.05, 4.69) is 34.7 Å². The second-order valence-electron chi connectivity index (χ2n) is 7.44. The molecule has 2 bridgehead atoms. The van der Waals surface area contributed by atoms with Gasteiger partial charge in [0.25, 0.3) is 0 Å². The van der Waals surface area contributed by atoms with Crippen LogP contribution in [0.4, 0.5) is 4.79 Å². The summed E-state index contributed by atoms with van der Waals surface area (Å²) in [4.78, 5) is 14.4. The third-order valence-electron chi connectivity index (χ3n) is 4.39. The van der Waals surface area contributed by atoms with E-state index in [1.54, 1.807) is 0 Å². The number of carbonyl (C=O) groups excluding carboxylic acids is 1. The van der Waals surface area contributed by atoms with Crippen LogP contribution in [-0.2, 0) is 4.74 Å². The van der Waals surface area contributed by atoms with Crippen molar-refractivity contribution in [1.82, 2.24) is 4.90 Å². The number of fused-ring (bicyclic) bond motifs is 2. The maximum atomic E-state index is 12.4. The first-order chi connectivity index (χ1) is 10.8. The third kappa shape index (κ3) is 4.11. The minimum Gasteiger partial charge on any atom is -0.490 e. The van der Waals surface area contributed by atoms with Crippen LogP contribution in [0.1, 0.15) is 46.5 Å². The summed E-state index contributed by atoms with van der Waals surface area (Å²) in [5.41, 5.74) is -0.440. The molecule has 126 valence electrons. The van der Waals surface area contributed by atoms with Crippen molar-refractivity contribution in [2.45, 2.75) is 70.2 Å². The van der Waals surface area contributed by atoms with E-state index in [0.29, 0.717) is 0 Å². The first-order valence-electron chi connectivity index (χ1n) is 8.25. The number of rotatable bonds is 2. The van der Waals surface area contributed by atoms with Crippen molar-refractivity contribution in [1.29, 1.82) is 0 Å². The molecule has 2 saturated heterocycles. The molecule has 1 unspecified atom stereocenters. The Bertz CT molecular complexity index is 570. The zero-order chi connectivity index (χ0) is 16.6. The molecule has 0 radical (unpaired) electrons. The van der Waals surface area contributed by atoms with Crippen molar-refractivity contribution < 1.29 is 14.3 Å². The minimum atomic E-state index is -0.440. The molecule has 2 aliphatic rings. The second-order valence-corrected chi connectivity index (χ2v) is 8.69. The number of nitrogens with zero attached hydrogens (tertiary/aromatic N) is 1. The maximum Gasteiger partial charge on any atom is 0.410 e. The van der Waals surface area contributed by atoms with Crippen LogP contribution in [-0.4, -0.2) is 34.8 Å². The number of hydrogen-bond acceptors (Lipinski definition) is 3. The summed E-state index contributed by atoms with van der Waals surface area (Å²) in [7, 11) is 0. The number of benzene rings is 1. The molecule has 5 heteroatoms. The lowest BCUT2D eigenvalue weighted by Gasteiger charge is -2.39. The Morgan fingerprint density at radius 3 is 2.43 bits per heavy atom. The number of carbonyl (C=O) groups is 1. The highest BCUT2D eigenvalue weighted by Crippen LogP contribution is 2.38. The van der Waals surface area contributed by atoms with Gasteiger partial charge in [0.2, 0.25) is 0 Å². The number of piperidine rings is 1. The molecule has 3 atom stereocenters. The highest BCUT2D eigenvalue weighted by molar-refractivity contribution is 14.1. The predicted octanol–water partition coefficient (Wildman–Crippen LogP) is 4.60. The number of halogens is 1. The molecule has 0 spiro atoms. The molecule has 0 saturated carbocycles. The van der Waals surface area contributed by atoms with Crippen molar-refractivity contribution >= 4 is 28.7 Å². The van der Waals surface area contributed by atoms with Crippen LogP contribution >= 0.6 is 22.6 Å². The quantitative estimate of drug-likeness (QED) is 0.646. The van der Waals surface area contributed by atoms with Crippen molar-refractivity contribution in [2.24, 2.45) is 0 Å². The molecule has 0 N–H and O–H groups in total. The monoisotopic (exact) mass is 429 g/mol. The highest BCUT2D eigenvalue weighted by Gasteiger charge is 2.45. The van der Waals surface area contributed by atoms with Gasteiger partial charge in [-0.3, -0.25) is 0 Å². The van der Waals surface area contributed by atoms with Gasteiger partial charge in [0, 0.05) is 28.5 Å². The molecule has 2 fully saturated rings. The lowest BCUT2D eigenvalue weighted by atomic mass is 10.00. The van der Waals surface area contributed by atoms with Crippen molar-refractivity contribution in [3.05, 3.63) is 27.8 Å². The van der Waals surface area contributed by atoms with Gasteiger partial charge in [0.05, 0.1) is 0 Å². The Kier molecular flexibility index (Phi) is 4.76. The van der Waals surface area contributed by atoms with E-state index in [1.165, 1.54) is 3.57 Å². The lowest BCUT2D eigenvalue weighted by molar-refractivity contribution is -0.00707. The molecule has 1 aromatic carbocycles. The van der Waals surface area contributed by atoms with Gasteiger partial charge in [-0.25, -0.2) is 4.79 Å². The second kappa shape index (κ2) is 6.49. The fourth-order valence-corrected chi connectivity index (χ4v) is 4.08. The minimum absolute atomic E-state index is 0.169. The van der Waals surface area contributed by atoms with Gasteiger partial charge in [-0.2, -0.15) is 0 Å². The standard InChI is InChI=1S/C18H24INO3/c1-18(2,3)23-17(21)20-13-7-8-14(20)11-16(10-13)22-15-6-4-5-12(19)9-15/h4-6,9,13-14,16H,7-8,10-11H2,1-3H3/t13-,14+,16?. The van der Waals surface area contributed by atoms with Gasteiger partial charge < -0.3 is 14.4 Å². The summed E-state index contributed by atoms with van der Waals surface area (Å²) >= 11 is 2.29. The Morgan fingerprint density at radius 1 is 1.22 bits per heavy atom. The molecule has 4 nitrogen and oxygen atoms in total. The van der Waals surface area contributed by atoms with Crippen LogP contribution in [0.3, 0.4) is 0 Å². The average molecular weight is 429 g/mol. The Hall–Kier alpha value is -0.980. The largest absolute Gasteiger partial charge is 0.490 e. The van der Waals surface area contributed by atoms with Crippen LogP contribution in [0.15, 0.2) is 24.3 Å².